The highest BCUT2D eigenvalue weighted by Gasteiger charge is 2.25. The molecule has 0 fully saturated rings. The average Bonchev–Trinajstić information content (AvgIpc) is 3.20. The third-order valence-corrected chi connectivity index (χ3v) is 4.86. The maximum absolute atomic E-state index is 12.5. The summed E-state index contributed by atoms with van der Waals surface area (Å²) in [7, 11) is 0. The Labute approximate surface area is 176 Å². The molecule has 158 valence electrons. The summed E-state index contributed by atoms with van der Waals surface area (Å²) in [5.74, 6) is 1.76. The van der Waals surface area contributed by atoms with Crippen molar-refractivity contribution in [2.75, 3.05) is 6.61 Å². The van der Waals surface area contributed by atoms with Gasteiger partial charge in [0.05, 0.1) is 0 Å². The van der Waals surface area contributed by atoms with Crippen molar-refractivity contribution in [2.45, 2.75) is 46.6 Å². The lowest BCUT2D eigenvalue weighted by Gasteiger charge is -2.19. The third-order valence-electron chi connectivity index (χ3n) is 4.86. The van der Waals surface area contributed by atoms with Gasteiger partial charge in [-0.05, 0) is 54.2 Å². The van der Waals surface area contributed by atoms with Crippen LogP contribution >= 0.6 is 0 Å². The second-order valence-corrected chi connectivity index (χ2v) is 7.94. The lowest BCUT2D eigenvalue weighted by molar-refractivity contribution is -0.124. The monoisotopic (exact) mass is 408 g/mol. The van der Waals surface area contributed by atoms with Crippen molar-refractivity contribution < 1.29 is 14.1 Å². The number of aromatic nitrogens is 3. The van der Waals surface area contributed by atoms with Crippen LogP contribution in [0.5, 0.6) is 5.75 Å². The summed E-state index contributed by atoms with van der Waals surface area (Å²) in [5.41, 5.74) is 3.22. The Kier molecular flexibility index (Phi) is 6.82. The van der Waals surface area contributed by atoms with Gasteiger partial charge in [-0.15, -0.1) is 0 Å². The first-order chi connectivity index (χ1) is 14.3. The van der Waals surface area contributed by atoms with E-state index in [1.54, 1.807) is 24.5 Å². The molecule has 30 heavy (non-hydrogen) atoms. The number of carbonyl (C=O) groups excluding carboxylic acids is 1. The average molecular weight is 409 g/mol. The molecule has 7 nitrogen and oxygen atoms in total. The fourth-order valence-corrected chi connectivity index (χ4v) is 3.24. The molecular weight excluding hydrogens is 380 g/mol. The molecule has 2 aromatic heterocycles. The summed E-state index contributed by atoms with van der Waals surface area (Å²) in [6.07, 6.45) is 3.33. The summed E-state index contributed by atoms with van der Waals surface area (Å²) in [4.78, 5) is 20.9. The quantitative estimate of drug-likeness (QED) is 0.592. The fourth-order valence-electron chi connectivity index (χ4n) is 3.24. The van der Waals surface area contributed by atoms with Crippen LogP contribution in [0.3, 0.4) is 0 Å². The zero-order valence-electron chi connectivity index (χ0n) is 18.0. The predicted molar refractivity (Wildman–Crippen MR) is 114 cm³/mol. The van der Waals surface area contributed by atoms with Gasteiger partial charge in [0.1, 0.15) is 11.8 Å². The van der Waals surface area contributed by atoms with Crippen molar-refractivity contribution in [2.24, 2.45) is 5.92 Å². The van der Waals surface area contributed by atoms with Crippen LogP contribution in [0.25, 0.3) is 11.4 Å². The number of aryl methyl sites for hydroxylation is 1. The highest BCUT2D eigenvalue weighted by Crippen LogP contribution is 2.25. The molecule has 3 aromatic rings. The van der Waals surface area contributed by atoms with Gasteiger partial charge < -0.3 is 14.6 Å². The molecule has 1 aromatic carbocycles. The number of carbonyl (C=O) groups is 1. The Morgan fingerprint density at radius 2 is 1.87 bits per heavy atom. The van der Waals surface area contributed by atoms with Crippen molar-refractivity contribution in [1.82, 2.24) is 20.4 Å². The summed E-state index contributed by atoms with van der Waals surface area (Å²) >= 11 is 0. The number of hydrogen-bond acceptors (Lipinski definition) is 6. The largest absolute Gasteiger partial charge is 0.484 e. The predicted octanol–water partition coefficient (Wildman–Crippen LogP) is 4.46. The standard InChI is InChI=1S/C23H28N4O3/c1-14(2)19-7-6-18(12-16(19)5)29-13-20(28)25-21(15(3)4)23-26-22(27-30-23)17-8-10-24-11-9-17/h6-12,14-15,21H,13H2,1-5H3,(H,25,28). The number of amides is 1. The Balaban J connectivity index is 1.64. The van der Waals surface area contributed by atoms with E-state index >= 15 is 0 Å². The summed E-state index contributed by atoms with van der Waals surface area (Å²) in [6, 6.07) is 9.10. The fraction of sp³-hybridized carbons (Fsp3) is 0.391. The lowest BCUT2D eigenvalue weighted by Crippen LogP contribution is -2.35. The molecule has 0 spiro atoms. The van der Waals surface area contributed by atoms with E-state index in [0.717, 1.165) is 11.1 Å². The molecule has 1 atom stereocenters. The van der Waals surface area contributed by atoms with Gasteiger partial charge in [-0.25, -0.2) is 0 Å². The number of nitrogens with zero attached hydrogens (tertiary/aromatic N) is 3. The van der Waals surface area contributed by atoms with Gasteiger partial charge in [0.2, 0.25) is 11.7 Å². The topological polar surface area (TPSA) is 90.1 Å². The normalized spacial score (nSPS) is 12.2. The van der Waals surface area contributed by atoms with E-state index in [-0.39, 0.29) is 18.4 Å². The second-order valence-electron chi connectivity index (χ2n) is 7.94. The van der Waals surface area contributed by atoms with E-state index < -0.39 is 6.04 Å². The van der Waals surface area contributed by atoms with Crippen LogP contribution in [0.4, 0.5) is 0 Å². The zero-order valence-corrected chi connectivity index (χ0v) is 18.0. The van der Waals surface area contributed by atoms with Crippen LogP contribution in [0.2, 0.25) is 0 Å². The first kappa shape index (κ1) is 21.5. The van der Waals surface area contributed by atoms with E-state index in [1.807, 2.05) is 39.0 Å². The van der Waals surface area contributed by atoms with Crippen molar-refractivity contribution in [3.63, 3.8) is 0 Å². The summed E-state index contributed by atoms with van der Waals surface area (Å²) < 4.78 is 11.1. The lowest BCUT2D eigenvalue weighted by atomic mass is 9.98. The molecule has 0 saturated carbocycles. The highest BCUT2D eigenvalue weighted by atomic mass is 16.5. The molecular formula is C23H28N4O3. The molecule has 0 bridgehead atoms. The van der Waals surface area contributed by atoms with Gasteiger partial charge in [-0.1, -0.05) is 38.9 Å². The van der Waals surface area contributed by atoms with Gasteiger partial charge in [0.15, 0.2) is 6.61 Å². The minimum absolute atomic E-state index is 0.0623. The molecule has 0 radical (unpaired) electrons. The maximum atomic E-state index is 12.5. The Morgan fingerprint density at radius 3 is 2.50 bits per heavy atom. The van der Waals surface area contributed by atoms with Crippen molar-refractivity contribution in [1.29, 1.82) is 0 Å². The molecule has 1 unspecified atom stereocenters. The number of hydrogen-bond donors (Lipinski definition) is 1. The number of rotatable bonds is 8. The number of pyridine rings is 1. The van der Waals surface area contributed by atoms with E-state index in [4.69, 9.17) is 9.26 Å². The second kappa shape index (κ2) is 9.52. The molecule has 1 N–H and O–H groups in total. The van der Waals surface area contributed by atoms with E-state index in [1.165, 1.54) is 5.56 Å². The third kappa shape index (κ3) is 5.23. The van der Waals surface area contributed by atoms with Gasteiger partial charge >= 0.3 is 0 Å². The number of benzene rings is 1. The van der Waals surface area contributed by atoms with Crippen LogP contribution < -0.4 is 10.1 Å². The SMILES string of the molecule is Cc1cc(OCC(=O)NC(c2nc(-c3ccncc3)no2)C(C)C)ccc1C(C)C. The summed E-state index contributed by atoms with van der Waals surface area (Å²) in [5, 5.41) is 6.97. The molecule has 0 saturated heterocycles. The minimum atomic E-state index is -0.408. The zero-order chi connectivity index (χ0) is 21.7. The van der Waals surface area contributed by atoms with Crippen LogP contribution in [0.1, 0.15) is 56.7 Å². The van der Waals surface area contributed by atoms with Crippen LogP contribution in [-0.4, -0.2) is 27.6 Å². The van der Waals surface area contributed by atoms with Crippen molar-refractivity contribution in [3.8, 4) is 17.1 Å². The smallest absolute Gasteiger partial charge is 0.258 e. The summed E-state index contributed by atoms with van der Waals surface area (Å²) in [6.45, 7) is 10.2. The highest BCUT2D eigenvalue weighted by molar-refractivity contribution is 5.78. The Morgan fingerprint density at radius 1 is 1.13 bits per heavy atom. The van der Waals surface area contributed by atoms with E-state index in [0.29, 0.717) is 23.4 Å². The number of nitrogens with one attached hydrogen (secondary N) is 1. The Hall–Kier alpha value is -3.22. The van der Waals surface area contributed by atoms with Crippen LogP contribution in [0, 0.1) is 12.8 Å². The first-order valence-electron chi connectivity index (χ1n) is 10.1. The first-order valence-corrected chi connectivity index (χ1v) is 10.1. The maximum Gasteiger partial charge on any atom is 0.258 e. The van der Waals surface area contributed by atoms with Crippen molar-refractivity contribution >= 4 is 5.91 Å². The molecule has 0 aliphatic rings. The molecule has 7 heteroatoms. The molecule has 0 aliphatic heterocycles. The van der Waals surface area contributed by atoms with Crippen LogP contribution in [0.15, 0.2) is 47.2 Å². The van der Waals surface area contributed by atoms with Gasteiger partial charge in [0, 0.05) is 18.0 Å². The molecule has 3 rings (SSSR count). The minimum Gasteiger partial charge on any atom is -0.484 e. The van der Waals surface area contributed by atoms with Gasteiger partial charge in [-0.3, -0.25) is 9.78 Å². The van der Waals surface area contributed by atoms with Crippen molar-refractivity contribution in [3.05, 3.63) is 59.7 Å². The van der Waals surface area contributed by atoms with Crippen LogP contribution in [-0.2, 0) is 4.79 Å². The molecule has 2 heterocycles. The molecule has 0 aliphatic carbocycles. The van der Waals surface area contributed by atoms with E-state index in [2.05, 4.69) is 34.3 Å². The van der Waals surface area contributed by atoms with E-state index in [9.17, 15) is 4.79 Å². The molecule has 1 amide bonds. The van der Waals surface area contributed by atoms with Gasteiger partial charge in [-0.2, -0.15) is 4.98 Å². The Bertz CT molecular complexity index is 983. The van der Waals surface area contributed by atoms with Gasteiger partial charge in [0.25, 0.3) is 5.91 Å². The number of ether oxygens (including phenoxy) is 1.